The summed E-state index contributed by atoms with van der Waals surface area (Å²) in [6.07, 6.45) is 0.905. The Labute approximate surface area is 155 Å². The van der Waals surface area contributed by atoms with E-state index in [9.17, 15) is 4.79 Å². The molecule has 1 N–H and O–H groups in total. The fourth-order valence-electron chi connectivity index (χ4n) is 3.01. The molecule has 140 valence electrons. The van der Waals surface area contributed by atoms with Crippen LogP contribution in [0.3, 0.4) is 0 Å². The quantitative estimate of drug-likeness (QED) is 0.757. The average Bonchev–Trinajstić information content (AvgIpc) is 2.67. The standard InChI is InChI=1S/C21H27NO4/c1-6-14(2)19(15-10-8-7-9-11-15)21(23)22-16-12-17(24-3)20(26-5)18(13-16)25-4/h7-14,19H,6H2,1-5H3,(H,22,23)/t14-,19+/m0/s1. The third-order valence-electron chi connectivity index (χ3n) is 4.59. The lowest BCUT2D eigenvalue weighted by atomic mass is 9.85. The van der Waals surface area contributed by atoms with Gasteiger partial charge >= 0.3 is 0 Å². The van der Waals surface area contributed by atoms with Crippen LogP contribution in [0.25, 0.3) is 0 Å². The smallest absolute Gasteiger partial charge is 0.232 e. The minimum atomic E-state index is -0.236. The summed E-state index contributed by atoms with van der Waals surface area (Å²) >= 11 is 0. The molecule has 0 fully saturated rings. The third-order valence-corrected chi connectivity index (χ3v) is 4.59. The molecule has 1 amide bonds. The highest BCUT2D eigenvalue weighted by atomic mass is 16.5. The van der Waals surface area contributed by atoms with Gasteiger partial charge in [0.15, 0.2) is 11.5 Å². The fraction of sp³-hybridized carbons (Fsp3) is 0.381. The van der Waals surface area contributed by atoms with E-state index in [2.05, 4.69) is 19.2 Å². The highest BCUT2D eigenvalue weighted by Gasteiger charge is 2.26. The van der Waals surface area contributed by atoms with Crippen molar-refractivity contribution in [2.24, 2.45) is 5.92 Å². The van der Waals surface area contributed by atoms with Crippen molar-refractivity contribution in [3.63, 3.8) is 0 Å². The van der Waals surface area contributed by atoms with E-state index in [1.807, 2.05) is 30.3 Å². The first-order valence-electron chi connectivity index (χ1n) is 8.71. The first-order valence-corrected chi connectivity index (χ1v) is 8.71. The zero-order chi connectivity index (χ0) is 19.1. The zero-order valence-electron chi connectivity index (χ0n) is 16.0. The van der Waals surface area contributed by atoms with Gasteiger partial charge in [0.2, 0.25) is 11.7 Å². The highest BCUT2D eigenvalue weighted by Crippen LogP contribution is 2.40. The zero-order valence-corrected chi connectivity index (χ0v) is 16.0. The van der Waals surface area contributed by atoms with Crippen LogP contribution in [0.15, 0.2) is 42.5 Å². The molecule has 26 heavy (non-hydrogen) atoms. The number of ether oxygens (including phenoxy) is 3. The van der Waals surface area contributed by atoms with Crippen LogP contribution < -0.4 is 19.5 Å². The number of methoxy groups -OCH3 is 3. The lowest BCUT2D eigenvalue weighted by Crippen LogP contribution is -2.26. The molecule has 0 aromatic heterocycles. The van der Waals surface area contributed by atoms with E-state index in [0.717, 1.165) is 12.0 Å². The van der Waals surface area contributed by atoms with Crippen LogP contribution in [0.1, 0.15) is 31.7 Å². The Hall–Kier alpha value is -2.69. The van der Waals surface area contributed by atoms with Gasteiger partial charge in [-0.15, -0.1) is 0 Å². The van der Waals surface area contributed by atoms with Gasteiger partial charge in [0.25, 0.3) is 0 Å². The molecule has 0 aliphatic carbocycles. The summed E-state index contributed by atoms with van der Waals surface area (Å²) in [6.45, 7) is 4.18. The van der Waals surface area contributed by atoms with Crippen molar-refractivity contribution >= 4 is 11.6 Å². The molecule has 0 aliphatic rings. The molecule has 2 rings (SSSR count). The van der Waals surface area contributed by atoms with Crippen LogP contribution in [-0.2, 0) is 4.79 Å². The summed E-state index contributed by atoms with van der Waals surface area (Å²) in [5, 5.41) is 3.00. The number of hydrogen-bond acceptors (Lipinski definition) is 4. The largest absolute Gasteiger partial charge is 0.493 e. The van der Waals surface area contributed by atoms with Gasteiger partial charge in [-0.05, 0) is 11.5 Å². The van der Waals surface area contributed by atoms with Crippen molar-refractivity contribution in [2.45, 2.75) is 26.2 Å². The molecular formula is C21H27NO4. The summed E-state index contributed by atoms with van der Waals surface area (Å²) in [5.74, 6) is 1.41. The van der Waals surface area contributed by atoms with Gasteiger partial charge in [-0.2, -0.15) is 0 Å². The van der Waals surface area contributed by atoms with Gasteiger partial charge in [-0.1, -0.05) is 50.6 Å². The normalized spacial score (nSPS) is 12.8. The number of carbonyl (C=O) groups excluding carboxylic acids is 1. The Morgan fingerprint density at radius 3 is 2.04 bits per heavy atom. The Morgan fingerprint density at radius 1 is 1.00 bits per heavy atom. The molecular weight excluding hydrogens is 330 g/mol. The first kappa shape index (κ1) is 19.6. The number of amides is 1. The van der Waals surface area contributed by atoms with Crippen molar-refractivity contribution in [2.75, 3.05) is 26.6 Å². The molecule has 0 heterocycles. The predicted octanol–water partition coefficient (Wildman–Crippen LogP) is 4.48. The SMILES string of the molecule is CC[C@H](C)[C@@H](C(=O)Nc1cc(OC)c(OC)c(OC)c1)c1ccccc1. The van der Waals surface area contributed by atoms with E-state index in [1.165, 1.54) is 0 Å². The van der Waals surface area contributed by atoms with Gasteiger partial charge in [0.05, 0.1) is 27.2 Å². The molecule has 0 saturated carbocycles. The van der Waals surface area contributed by atoms with Crippen LogP contribution in [0, 0.1) is 5.92 Å². The van der Waals surface area contributed by atoms with Crippen molar-refractivity contribution in [1.29, 1.82) is 0 Å². The lowest BCUT2D eigenvalue weighted by Gasteiger charge is -2.23. The number of hydrogen-bond donors (Lipinski definition) is 1. The molecule has 0 radical (unpaired) electrons. The van der Waals surface area contributed by atoms with E-state index < -0.39 is 0 Å². The van der Waals surface area contributed by atoms with Gasteiger partial charge in [0.1, 0.15) is 0 Å². The topological polar surface area (TPSA) is 56.8 Å². The second-order valence-electron chi connectivity index (χ2n) is 6.18. The molecule has 0 spiro atoms. The molecule has 0 bridgehead atoms. The third kappa shape index (κ3) is 4.28. The van der Waals surface area contributed by atoms with Crippen molar-refractivity contribution in [1.82, 2.24) is 0 Å². The van der Waals surface area contributed by atoms with Crippen LogP contribution >= 0.6 is 0 Å². The number of carbonyl (C=O) groups is 1. The second kappa shape index (κ2) is 9.13. The molecule has 2 aromatic carbocycles. The molecule has 5 nitrogen and oxygen atoms in total. The number of rotatable bonds is 8. The Morgan fingerprint density at radius 2 is 1.58 bits per heavy atom. The van der Waals surface area contributed by atoms with Crippen molar-refractivity contribution in [3.05, 3.63) is 48.0 Å². The summed E-state index contributed by atoms with van der Waals surface area (Å²) in [6, 6.07) is 13.3. The molecule has 2 aromatic rings. The number of benzene rings is 2. The summed E-state index contributed by atoms with van der Waals surface area (Å²) in [5.41, 5.74) is 1.61. The molecule has 0 aliphatic heterocycles. The second-order valence-corrected chi connectivity index (χ2v) is 6.18. The van der Waals surface area contributed by atoms with E-state index in [0.29, 0.717) is 22.9 Å². The Kier molecular flexibility index (Phi) is 6.89. The molecule has 0 unspecified atom stereocenters. The molecule has 2 atom stereocenters. The summed E-state index contributed by atoms with van der Waals surface area (Å²) < 4.78 is 16.0. The van der Waals surface area contributed by atoms with Crippen LogP contribution in [0.2, 0.25) is 0 Å². The summed E-state index contributed by atoms with van der Waals surface area (Å²) in [4.78, 5) is 13.0. The monoisotopic (exact) mass is 357 g/mol. The van der Waals surface area contributed by atoms with E-state index in [4.69, 9.17) is 14.2 Å². The van der Waals surface area contributed by atoms with Gasteiger partial charge in [0, 0.05) is 17.8 Å². The van der Waals surface area contributed by atoms with Crippen molar-refractivity contribution in [3.8, 4) is 17.2 Å². The predicted molar refractivity (Wildman–Crippen MR) is 103 cm³/mol. The van der Waals surface area contributed by atoms with Crippen LogP contribution in [-0.4, -0.2) is 27.2 Å². The molecule has 0 saturated heterocycles. The van der Waals surface area contributed by atoms with Gasteiger partial charge in [-0.25, -0.2) is 0 Å². The van der Waals surface area contributed by atoms with E-state index in [-0.39, 0.29) is 17.7 Å². The fourth-order valence-corrected chi connectivity index (χ4v) is 3.01. The van der Waals surface area contributed by atoms with Crippen LogP contribution in [0.5, 0.6) is 17.2 Å². The minimum Gasteiger partial charge on any atom is -0.493 e. The highest BCUT2D eigenvalue weighted by molar-refractivity contribution is 5.96. The van der Waals surface area contributed by atoms with Crippen molar-refractivity contribution < 1.29 is 19.0 Å². The summed E-state index contributed by atoms with van der Waals surface area (Å²) in [7, 11) is 4.65. The maximum Gasteiger partial charge on any atom is 0.232 e. The number of anilines is 1. The Balaban J connectivity index is 2.34. The lowest BCUT2D eigenvalue weighted by molar-refractivity contribution is -0.118. The first-order chi connectivity index (χ1) is 12.5. The van der Waals surface area contributed by atoms with E-state index >= 15 is 0 Å². The average molecular weight is 357 g/mol. The van der Waals surface area contributed by atoms with E-state index in [1.54, 1.807) is 33.5 Å². The maximum absolute atomic E-state index is 13.0. The minimum absolute atomic E-state index is 0.0557. The Bertz CT molecular complexity index is 705. The van der Waals surface area contributed by atoms with Gasteiger partial charge in [-0.3, -0.25) is 4.79 Å². The maximum atomic E-state index is 13.0. The van der Waals surface area contributed by atoms with Gasteiger partial charge < -0.3 is 19.5 Å². The van der Waals surface area contributed by atoms with Crippen LogP contribution in [0.4, 0.5) is 5.69 Å². The molecule has 5 heteroatoms. The number of nitrogens with one attached hydrogen (secondary N) is 1.